The quantitative estimate of drug-likeness (QED) is 0.590. The number of anilines is 2. The van der Waals surface area contributed by atoms with Crippen LogP contribution in [-0.4, -0.2) is 17.9 Å². The van der Waals surface area contributed by atoms with Gasteiger partial charge in [0.1, 0.15) is 11.7 Å². The van der Waals surface area contributed by atoms with Gasteiger partial charge in [-0.25, -0.2) is 14.4 Å². The van der Waals surface area contributed by atoms with Gasteiger partial charge in [0.25, 0.3) is 5.91 Å². The topological polar surface area (TPSA) is 49.9 Å². The summed E-state index contributed by atoms with van der Waals surface area (Å²) in [6, 6.07) is 20.4. The zero-order valence-electron chi connectivity index (χ0n) is 17.2. The maximum atomic E-state index is 13.6. The number of hydroxylamine groups is 1. The van der Waals surface area contributed by atoms with Gasteiger partial charge in [0, 0.05) is 0 Å². The van der Waals surface area contributed by atoms with E-state index in [9.17, 15) is 14.0 Å². The van der Waals surface area contributed by atoms with Gasteiger partial charge in [0.2, 0.25) is 5.91 Å². The predicted molar refractivity (Wildman–Crippen MR) is 115 cm³/mol. The summed E-state index contributed by atoms with van der Waals surface area (Å²) in [6.45, 7) is 3.84. The molecule has 0 spiro atoms. The number of rotatable bonds is 3. The van der Waals surface area contributed by atoms with Gasteiger partial charge in [-0.3, -0.25) is 14.4 Å². The zero-order valence-corrected chi connectivity index (χ0v) is 17.2. The van der Waals surface area contributed by atoms with E-state index in [0.29, 0.717) is 11.3 Å². The van der Waals surface area contributed by atoms with Crippen molar-refractivity contribution in [3.05, 3.63) is 95.3 Å². The second kappa shape index (κ2) is 7.32. The lowest BCUT2D eigenvalue weighted by molar-refractivity contribution is -0.126. The fraction of sp³-hybridized carbons (Fsp3) is 0.200. The lowest BCUT2D eigenvalue weighted by Gasteiger charge is -2.29. The van der Waals surface area contributed by atoms with Crippen molar-refractivity contribution in [1.82, 2.24) is 0 Å². The highest BCUT2D eigenvalue weighted by Gasteiger charge is 2.60. The molecule has 0 unspecified atom stereocenters. The van der Waals surface area contributed by atoms with Gasteiger partial charge in [-0.15, -0.1) is 0 Å². The number of hydrogen-bond acceptors (Lipinski definition) is 4. The molecule has 0 radical (unpaired) electrons. The first-order chi connectivity index (χ1) is 15.0. The Hall–Kier alpha value is -3.51. The summed E-state index contributed by atoms with van der Waals surface area (Å²) < 4.78 is 13.6. The summed E-state index contributed by atoms with van der Waals surface area (Å²) in [5.41, 5.74) is 3.91. The van der Waals surface area contributed by atoms with Gasteiger partial charge in [-0.05, 0) is 55.3 Å². The van der Waals surface area contributed by atoms with Gasteiger partial charge in [0.15, 0.2) is 6.10 Å². The number of benzene rings is 3. The highest BCUT2D eigenvalue weighted by atomic mass is 19.1. The smallest absolute Gasteiger partial charge is 0.266 e. The fourth-order valence-corrected chi connectivity index (χ4v) is 4.51. The maximum absolute atomic E-state index is 13.6. The van der Waals surface area contributed by atoms with E-state index < -0.39 is 18.1 Å². The standard InChI is InChI=1S/C25H21FN2O3/c1-15-8-13-20(16(2)14-15)27-24(29)21-22(17-9-11-18(26)12-10-17)28(31-23(21)25(27)30)19-6-4-3-5-7-19/h3-14,21-23H,1-2H3/t21-,22+,23+/m0/s1. The Morgan fingerprint density at radius 1 is 0.871 bits per heavy atom. The van der Waals surface area contributed by atoms with Crippen molar-refractivity contribution in [2.45, 2.75) is 26.0 Å². The molecule has 6 heteroatoms. The van der Waals surface area contributed by atoms with Crippen LogP contribution in [0, 0.1) is 25.6 Å². The Kier molecular flexibility index (Phi) is 4.59. The molecule has 3 aromatic rings. The van der Waals surface area contributed by atoms with E-state index >= 15 is 0 Å². The number of aryl methyl sites for hydroxylation is 2. The predicted octanol–water partition coefficient (Wildman–Crippen LogP) is 4.49. The third-order valence-corrected chi connectivity index (χ3v) is 5.93. The lowest BCUT2D eigenvalue weighted by Crippen LogP contribution is -2.37. The molecule has 2 aliphatic heterocycles. The van der Waals surface area contributed by atoms with Crippen molar-refractivity contribution in [2.75, 3.05) is 9.96 Å². The highest BCUT2D eigenvalue weighted by Crippen LogP contribution is 2.47. The number of hydrogen-bond donors (Lipinski definition) is 0. The molecule has 5 rings (SSSR count). The first-order valence-corrected chi connectivity index (χ1v) is 10.2. The molecule has 2 heterocycles. The largest absolute Gasteiger partial charge is 0.273 e. The lowest BCUT2D eigenvalue weighted by atomic mass is 9.90. The number of imide groups is 1. The molecule has 2 amide bonds. The molecule has 0 aliphatic carbocycles. The molecule has 0 aromatic heterocycles. The summed E-state index contributed by atoms with van der Waals surface area (Å²) in [7, 11) is 0. The van der Waals surface area contributed by atoms with E-state index in [1.807, 2.05) is 56.3 Å². The Labute approximate surface area is 179 Å². The summed E-state index contributed by atoms with van der Waals surface area (Å²) in [5, 5.41) is 1.61. The summed E-state index contributed by atoms with van der Waals surface area (Å²) in [6.07, 6.45) is -0.941. The van der Waals surface area contributed by atoms with Crippen LogP contribution in [0.4, 0.5) is 15.8 Å². The fourth-order valence-electron chi connectivity index (χ4n) is 4.51. The van der Waals surface area contributed by atoms with Crippen molar-refractivity contribution < 1.29 is 18.8 Å². The molecule has 5 nitrogen and oxygen atoms in total. The minimum absolute atomic E-state index is 0.310. The van der Waals surface area contributed by atoms with Crippen LogP contribution in [0.1, 0.15) is 22.7 Å². The Balaban J connectivity index is 1.59. The maximum Gasteiger partial charge on any atom is 0.266 e. The van der Waals surface area contributed by atoms with Gasteiger partial charge >= 0.3 is 0 Å². The van der Waals surface area contributed by atoms with E-state index in [4.69, 9.17) is 4.84 Å². The molecule has 3 atom stereocenters. The summed E-state index contributed by atoms with van der Waals surface area (Å²) in [5.74, 6) is -1.79. The molecular weight excluding hydrogens is 395 g/mol. The van der Waals surface area contributed by atoms with E-state index in [2.05, 4.69) is 0 Å². The molecule has 0 saturated carbocycles. The average molecular weight is 416 g/mol. The number of para-hydroxylation sites is 1. The van der Waals surface area contributed by atoms with Crippen molar-refractivity contribution in [3.63, 3.8) is 0 Å². The minimum Gasteiger partial charge on any atom is -0.273 e. The van der Waals surface area contributed by atoms with E-state index in [1.54, 1.807) is 23.3 Å². The van der Waals surface area contributed by atoms with Crippen LogP contribution in [0.2, 0.25) is 0 Å². The summed E-state index contributed by atoms with van der Waals surface area (Å²) in [4.78, 5) is 34.3. The number of amides is 2. The van der Waals surface area contributed by atoms with E-state index in [-0.39, 0.29) is 17.6 Å². The first-order valence-electron chi connectivity index (χ1n) is 10.2. The molecule has 156 valence electrons. The highest BCUT2D eigenvalue weighted by molar-refractivity contribution is 6.24. The molecule has 2 saturated heterocycles. The van der Waals surface area contributed by atoms with Gasteiger partial charge in [-0.2, -0.15) is 0 Å². The van der Waals surface area contributed by atoms with Crippen LogP contribution in [-0.2, 0) is 14.4 Å². The second-order valence-electron chi connectivity index (χ2n) is 8.01. The normalized spacial score (nSPS) is 22.9. The van der Waals surface area contributed by atoms with E-state index in [0.717, 1.165) is 16.8 Å². The Bertz CT molecular complexity index is 1160. The van der Waals surface area contributed by atoms with Crippen LogP contribution in [0.15, 0.2) is 72.8 Å². The molecular formula is C25H21FN2O3. The summed E-state index contributed by atoms with van der Waals surface area (Å²) >= 11 is 0. The molecule has 0 N–H and O–H groups in total. The molecule has 31 heavy (non-hydrogen) atoms. The van der Waals surface area contributed by atoms with Crippen LogP contribution in [0.3, 0.4) is 0 Å². The minimum atomic E-state index is -0.941. The van der Waals surface area contributed by atoms with Gasteiger partial charge in [-0.1, -0.05) is 48.0 Å². The zero-order chi connectivity index (χ0) is 21.7. The van der Waals surface area contributed by atoms with E-state index in [1.165, 1.54) is 17.0 Å². The number of fused-ring (bicyclic) bond motifs is 1. The van der Waals surface area contributed by atoms with Crippen molar-refractivity contribution in [2.24, 2.45) is 5.92 Å². The van der Waals surface area contributed by atoms with Crippen molar-refractivity contribution in [1.29, 1.82) is 0 Å². The number of carbonyl (C=O) groups excluding carboxylic acids is 2. The average Bonchev–Trinajstić information content (AvgIpc) is 3.26. The third kappa shape index (κ3) is 3.11. The molecule has 0 bridgehead atoms. The Morgan fingerprint density at radius 3 is 2.26 bits per heavy atom. The SMILES string of the molecule is Cc1ccc(N2C(=O)[C@H]3[C@@H](c4ccc(F)cc4)N(c4ccccc4)O[C@H]3C2=O)c(C)c1. The third-order valence-electron chi connectivity index (χ3n) is 5.93. The van der Waals surface area contributed by atoms with Gasteiger partial charge in [0.05, 0.1) is 17.4 Å². The van der Waals surface area contributed by atoms with Crippen molar-refractivity contribution >= 4 is 23.2 Å². The van der Waals surface area contributed by atoms with Crippen molar-refractivity contribution in [3.8, 4) is 0 Å². The monoisotopic (exact) mass is 416 g/mol. The van der Waals surface area contributed by atoms with Gasteiger partial charge < -0.3 is 0 Å². The second-order valence-corrected chi connectivity index (χ2v) is 8.01. The number of carbonyl (C=O) groups is 2. The molecule has 2 aliphatic rings. The first kappa shape index (κ1) is 19.5. The Morgan fingerprint density at radius 2 is 1.58 bits per heavy atom. The van der Waals surface area contributed by atoms with Crippen LogP contribution in [0.5, 0.6) is 0 Å². The van der Waals surface area contributed by atoms with Crippen LogP contribution < -0.4 is 9.96 Å². The molecule has 2 fully saturated rings. The number of halogens is 1. The van der Waals surface area contributed by atoms with Crippen LogP contribution in [0.25, 0.3) is 0 Å². The number of nitrogens with zero attached hydrogens (tertiary/aromatic N) is 2. The van der Waals surface area contributed by atoms with Crippen LogP contribution >= 0.6 is 0 Å². The molecule has 3 aromatic carbocycles.